The molecule has 0 radical (unpaired) electrons. The average Bonchev–Trinajstić information content (AvgIpc) is 2.97. The molecule has 1 aromatic heterocycles. The molecule has 1 aliphatic rings. The minimum atomic E-state index is 0.593. The third kappa shape index (κ3) is 4.68. The zero-order chi connectivity index (χ0) is 16.9. The number of halogens is 2. The van der Waals surface area contributed by atoms with Gasteiger partial charge in [-0.05, 0) is 55.4 Å². The number of nitrogens with zero attached hydrogens (tertiary/aromatic N) is 3. The number of amidine groups is 1. The van der Waals surface area contributed by atoms with Crippen molar-refractivity contribution >= 4 is 46.3 Å². The first-order valence-electron chi connectivity index (χ1n) is 8.18. The van der Waals surface area contributed by atoms with Gasteiger partial charge in [-0.15, -0.1) is 5.10 Å². The van der Waals surface area contributed by atoms with E-state index in [0.717, 1.165) is 28.6 Å². The van der Waals surface area contributed by atoms with E-state index < -0.39 is 0 Å². The maximum atomic E-state index is 6.10. The number of nitrogens with one attached hydrogen (secondary N) is 1. The number of hydrogen-bond acceptors (Lipinski definition) is 4. The topological polar surface area (TPSA) is 50.2 Å². The highest BCUT2D eigenvalue weighted by Gasteiger charge is 2.16. The fourth-order valence-electron chi connectivity index (χ4n) is 2.97. The summed E-state index contributed by atoms with van der Waals surface area (Å²) in [5, 5.41) is 8.65. The highest BCUT2D eigenvalue weighted by Crippen LogP contribution is 2.26. The highest BCUT2D eigenvalue weighted by molar-refractivity contribution is 7.08. The molecule has 1 N–H and O–H groups in total. The quantitative estimate of drug-likeness (QED) is 0.553. The normalized spacial score (nSPS) is 16.4. The second-order valence-corrected chi connectivity index (χ2v) is 7.79. The molecule has 2 aromatic rings. The lowest BCUT2D eigenvalue weighted by Gasteiger charge is -2.20. The lowest BCUT2D eigenvalue weighted by Crippen LogP contribution is -2.17. The zero-order valence-electron chi connectivity index (χ0n) is 13.6. The van der Waals surface area contributed by atoms with Crippen LogP contribution in [0.2, 0.25) is 10.0 Å². The first-order valence-corrected chi connectivity index (χ1v) is 9.71. The van der Waals surface area contributed by atoms with Crippen molar-refractivity contribution in [1.82, 2.24) is 9.59 Å². The van der Waals surface area contributed by atoms with Gasteiger partial charge in [-0.3, -0.25) is 4.99 Å². The number of aryl methyl sites for hydroxylation is 1. The molecule has 1 fully saturated rings. The molecule has 0 spiro atoms. The van der Waals surface area contributed by atoms with E-state index in [2.05, 4.69) is 14.9 Å². The molecule has 4 nitrogen and oxygen atoms in total. The summed E-state index contributed by atoms with van der Waals surface area (Å²) in [5.74, 6) is 1.46. The number of hydrogen-bond donors (Lipinski definition) is 1. The van der Waals surface area contributed by atoms with Gasteiger partial charge in [0.25, 0.3) is 0 Å². The van der Waals surface area contributed by atoms with Crippen molar-refractivity contribution in [3.05, 3.63) is 38.8 Å². The van der Waals surface area contributed by atoms with E-state index in [-0.39, 0.29) is 0 Å². The minimum absolute atomic E-state index is 0.593. The molecule has 3 rings (SSSR count). The van der Waals surface area contributed by atoms with Crippen LogP contribution in [0.25, 0.3) is 0 Å². The van der Waals surface area contributed by atoms with Gasteiger partial charge in [0.1, 0.15) is 10.7 Å². The third-order valence-electron chi connectivity index (χ3n) is 4.22. The van der Waals surface area contributed by atoms with Crippen molar-refractivity contribution in [3.8, 4) is 0 Å². The molecule has 24 heavy (non-hydrogen) atoms. The molecule has 0 saturated heterocycles. The number of benzene rings is 1. The van der Waals surface area contributed by atoms with Crippen LogP contribution < -0.4 is 5.32 Å². The maximum absolute atomic E-state index is 6.10. The Labute approximate surface area is 156 Å². The summed E-state index contributed by atoms with van der Waals surface area (Å²) in [4.78, 5) is 5.82. The molecular formula is C17H20Cl2N4S. The summed E-state index contributed by atoms with van der Waals surface area (Å²) in [6, 6.07) is 5.40. The largest absolute Gasteiger partial charge is 0.339 e. The zero-order valence-corrected chi connectivity index (χ0v) is 15.9. The smallest absolute Gasteiger partial charge is 0.146 e. The van der Waals surface area contributed by atoms with E-state index in [1.54, 1.807) is 6.07 Å². The predicted octanol–water partition coefficient (Wildman–Crippen LogP) is 5.59. The molecular weight excluding hydrogens is 363 g/mol. The van der Waals surface area contributed by atoms with E-state index in [9.17, 15) is 0 Å². The summed E-state index contributed by atoms with van der Waals surface area (Å²) < 4.78 is 4.03. The molecule has 128 valence electrons. The van der Waals surface area contributed by atoms with Crippen LogP contribution in [0, 0.1) is 12.8 Å². The van der Waals surface area contributed by atoms with Crippen LogP contribution >= 0.6 is 34.7 Å². The molecule has 1 saturated carbocycles. The molecule has 0 bridgehead atoms. The Hall–Kier alpha value is -1.17. The van der Waals surface area contributed by atoms with Crippen LogP contribution in [-0.4, -0.2) is 22.0 Å². The molecule has 0 amide bonds. The molecule has 7 heteroatoms. The van der Waals surface area contributed by atoms with Gasteiger partial charge in [-0.2, -0.15) is 0 Å². The molecule has 0 aliphatic heterocycles. The van der Waals surface area contributed by atoms with Crippen molar-refractivity contribution < 1.29 is 0 Å². The molecule has 0 unspecified atom stereocenters. The number of rotatable bonds is 4. The average molecular weight is 383 g/mol. The Bertz CT molecular complexity index is 703. The van der Waals surface area contributed by atoms with Gasteiger partial charge in [0.15, 0.2) is 0 Å². The minimum Gasteiger partial charge on any atom is -0.339 e. The number of anilines is 1. The SMILES string of the molecule is Cc1nnsc1C(=NCC1CCCCC1)Nc1cc(Cl)cc(Cl)c1. The lowest BCUT2D eigenvalue weighted by atomic mass is 9.89. The van der Waals surface area contributed by atoms with E-state index in [1.165, 1.54) is 43.6 Å². The Balaban J connectivity index is 1.83. The van der Waals surface area contributed by atoms with Crippen molar-refractivity contribution in [1.29, 1.82) is 0 Å². The van der Waals surface area contributed by atoms with Gasteiger partial charge in [0.05, 0.1) is 5.69 Å². The molecule has 0 atom stereocenters. The summed E-state index contributed by atoms with van der Waals surface area (Å²) >= 11 is 13.6. The van der Waals surface area contributed by atoms with Crippen molar-refractivity contribution in [2.75, 3.05) is 11.9 Å². The second-order valence-electron chi connectivity index (χ2n) is 6.16. The van der Waals surface area contributed by atoms with Gasteiger partial charge >= 0.3 is 0 Å². The van der Waals surface area contributed by atoms with E-state index in [0.29, 0.717) is 16.0 Å². The Morgan fingerprint density at radius 3 is 2.54 bits per heavy atom. The standard InChI is InChI=1S/C17H20Cl2N4S/c1-11-16(24-23-22-11)17(20-10-12-5-3-2-4-6-12)21-15-8-13(18)7-14(19)9-15/h7-9,12H,2-6,10H2,1H3,(H,20,21). The fraction of sp³-hybridized carbons (Fsp3) is 0.471. The number of aliphatic imine (C=N–C) groups is 1. The van der Waals surface area contributed by atoms with Crippen molar-refractivity contribution in [2.24, 2.45) is 10.9 Å². The van der Waals surface area contributed by atoms with E-state index >= 15 is 0 Å². The predicted molar refractivity (Wildman–Crippen MR) is 103 cm³/mol. The van der Waals surface area contributed by atoms with Crippen LogP contribution in [0.3, 0.4) is 0 Å². The maximum Gasteiger partial charge on any atom is 0.146 e. The second kappa shape index (κ2) is 8.28. The van der Waals surface area contributed by atoms with Crippen LogP contribution in [0.4, 0.5) is 5.69 Å². The van der Waals surface area contributed by atoms with E-state index in [1.807, 2.05) is 19.1 Å². The van der Waals surface area contributed by atoms with Gasteiger partial charge in [-0.1, -0.05) is 47.0 Å². The summed E-state index contributed by atoms with van der Waals surface area (Å²) in [6.45, 7) is 2.77. The monoisotopic (exact) mass is 382 g/mol. The Kier molecular flexibility index (Phi) is 6.09. The molecule has 1 heterocycles. The third-order valence-corrected chi connectivity index (χ3v) is 5.50. The van der Waals surface area contributed by atoms with Crippen LogP contribution in [0.15, 0.2) is 23.2 Å². The van der Waals surface area contributed by atoms with Gasteiger partial charge < -0.3 is 5.32 Å². The fourth-order valence-corrected chi connectivity index (χ4v) is 4.12. The summed E-state index contributed by atoms with van der Waals surface area (Å²) in [6.07, 6.45) is 6.51. The first kappa shape index (κ1) is 17.6. The molecule has 1 aliphatic carbocycles. The highest BCUT2D eigenvalue weighted by atomic mass is 35.5. The van der Waals surface area contributed by atoms with Gasteiger partial charge in [0, 0.05) is 22.3 Å². The lowest BCUT2D eigenvalue weighted by molar-refractivity contribution is 0.367. The summed E-state index contributed by atoms with van der Waals surface area (Å²) in [7, 11) is 0. The van der Waals surface area contributed by atoms with Gasteiger partial charge in [-0.25, -0.2) is 0 Å². The van der Waals surface area contributed by atoms with Crippen LogP contribution in [-0.2, 0) is 0 Å². The van der Waals surface area contributed by atoms with Gasteiger partial charge in [0.2, 0.25) is 0 Å². The van der Waals surface area contributed by atoms with Crippen LogP contribution in [0.1, 0.15) is 42.7 Å². The summed E-state index contributed by atoms with van der Waals surface area (Å²) in [5.41, 5.74) is 1.70. The molecule has 1 aromatic carbocycles. The van der Waals surface area contributed by atoms with E-state index in [4.69, 9.17) is 28.2 Å². The number of aromatic nitrogens is 2. The van der Waals surface area contributed by atoms with Crippen LogP contribution in [0.5, 0.6) is 0 Å². The van der Waals surface area contributed by atoms with Crippen molar-refractivity contribution in [3.63, 3.8) is 0 Å². The van der Waals surface area contributed by atoms with Crippen molar-refractivity contribution in [2.45, 2.75) is 39.0 Å². The Morgan fingerprint density at radius 1 is 1.21 bits per heavy atom. The Morgan fingerprint density at radius 2 is 1.92 bits per heavy atom. The first-order chi connectivity index (χ1) is 11.6.